The van der Waals surface area contributed by atoms with Crippen LogP contribution < -0.4 is 4.74 Å². The molecule has 1 rings (SSSR count). The summed E-state index contributed by atoms with van der Waals surface area (Å²) in [5.74, 6) is 0.875. The van der Waals surface area contributed by atoms with Crippen LogP contribution in [0.4, 0.5) is 0 Å². The van der Waals surface area contributed by atoms with Gasteiger partial charge in [-0.25, -0.2) is 0 Å². The molecule has 1 aromatic rings. The van der Waals surface area contributed by atoms with Crippen LogP contribution in [0.5, 0.6) is 5.75 Å². The van der Waals surface area contributed by atoms with E-state index >= 15 is 0 Å². The fourth-order valence-electron chi connectivity index (χ4n) is 1.64. The summed E-state index contributed by atoms with van der Waals surface area (Å²) in [4.78, 5) is 2.21. The molecule has 0 aromatic heterocycles. The summed E-state index contributed by atoms with van der Waals surface area (Å²) in [6, 6.07) is 7.83. The van der Waals surface area contributed by atoms with Crippen LogP contribution in [-0.2, 0) is 0 Å². The van der Waals surface area contributed by atoms with Gasteiger partial charge in [0, 0.05) is 17.6 Å². The van der Waals surface area contributed by atoms with Crippen molar-refractivity contribution in [2.24, 2.45) is 0 Å². The number of hydrogen-bond donors (Lipinski definition) is 1. The normalized spacial score (nSPS) is 10.8. The first kappa shape index (κ1) is 14.5. The van der Waals surface area contributed by atoms with E-state index in [0.29, 0.717) is 6.61 Å². The monoisotopic (exact) mass is 301 g/mol. The molecule has 0 aliphatic carbocycles. The van der Waals surface area contributed by atoms with E-state index in [1.54, 1.807) is 0 Å². The van der Waals surface area contributed by atoms with Crippen LogP contribution in [0.1, 0.15) is 13.3 Å². The number of aliphatic hydroxyl groups is 1. The van der Waals surface area contributed by atoms with Crippen LogP contribution in [0.2, 0.25) is 0 Å². The van der Waals surface area contributed by atoms with Crippen LogP contribution in [0.15, 0.2) is 28.7 Å². The van der Waals surface area contributed by atoms with Gasteiger partial charge < -0.3 is 9.84 Å². The lowest BCUT2D eigenvalue weighted by molar-refractivity contribution is 0.168. The fourth-order valence-corrected chi connectivity index (χ4v) is 2.02. The van der Waals surface area contributed by atoms with Crippen LogP contribution in [0.3, 0.4) is 0 Å². The quantitative estimate of drug-likeness (QED) is 0.801. The molecule has 0 spiro atoms. The third-order valence-electron chi connectivity index (χ3n) is 2.43. The van der Waals surface area contributed by atoms with Crippen molar-refractivity contribution in [3.63, 3.8) is 0 Å². The van der Waals surface area contributed by atoms with E-state index in [2.05, 4.69) is 27.8 Å². The lowest BCUT2D eigenvalue weighted by atomic mass is 10.3. The molecular weight excluding hydrogens is 282 g/mol. The molecule has 0 bridgehead atoms. The molecule has 0 heterocycles. The third kappa shape index (κ3) is 6.05. The maximum Gasteiger partial charge on any atom is 0.120 e. The van der Waals surface area contributed by atoms with Crippen LogP contribution in [-0.4, -0.2) is 42.9 Å². The Balaban J connectivity index is 2.30. The van der Waals surface area contributed by atoms with E-state index in [9.17, 15) is 0 Å². The molecule has 0 radical (unpaired) electrons. The molecule has 0 aliphatic heterocycles. The highest BCUT2D eigenvalue weighted by Crippen LogP contribution is 2.17. The predicted octanol–water partition coefficient (Wildman–Crippen LogP) is 2.53. The summed E-state index contributed by atoms with van der Waals surface area (Å²) in [5, 5.41) is 8.93. The van der Waals surface area contributed by atoms with Crippen LogP contribution >= 0.6 is 15.9 Å². The second kappa shape index (κ2) is 8.50. The first-order chi connectivity index (χ1) is 8.26. The summed E-state index contributed by atoms with van der Waals surface area (Å²) >= 11 is 3.41. The van der Waals surface area contributed by atoms with E-state index in [0.717, 1.165) is 36.3 Å². The summed E-state index contributed by atoms with van der Waals surface area (Å²) in [7, 11) is 0. The Bertz CT molecular complexity index is 314. The minimum absolute atomic E-state index is 0.205. The number of benzene rings is 1. The van der Waals surface area contributed by atoms with Gasteiger partial charge in [-0.2, -0.15) is 0 Å². The average molecular weight is 302 g/mol. The summed E-state index contributed by atoms with van der Waals surface area (Å²) in [6.07, 6.45) is 1.09. The highest BCUT2D eigenvalue weighted by molar-refractivity contribution is 9.10. The second-order valence-electron chi connectivity index (χ2n) is 3.87. The highest BCUT2D eigenvalue weighted by Gasteiger charge is 2.03. The molecule has 0 fully saturated rings. The van der Waals surface area contributed by atoms with Gasteiger partial charge in [-0.15, -0.1) is 0 Å². The number of ether oxygens (including phenoxy) is 1. The smallest absolute Gasteiger partial charge is 0.120 e. The zero-order valence-corrected chi connectivity index (χ0v) is 11.8. The number of aliphatic hydroxyl groups excluding tert-OH is 1. The Morgan fingerprint density at radius 2 is 2.12 bits per heavy atom. The minimum atomic E-state index is 0.205. The van der Waals surface area contributed by atoms with Crippen molar-refractivity contribution < 1.29 is 9.84 Å². The van der Waals surface area contributed by atoms with Gasteiger partial charge in [-0.3, -0.25) is 4.90 Å². The van der Waals surface area contributed by atoms with Crippen molar-refractivity contribution in [3.8, 4) is 5.75 Å². The largest absolute Gasteiger partial charge is 0.492 e. The first-order valence-corrected chi connectivity index (χ1v) is 6.77. The highest BCUT2D eigenvalue weighted by atomic mass is 79.9. The molecule has 1 aromatic carbocycles. The molecule has 0 saturated heterocycles. The number of nitrogens with zero attached hydrogens (tertiary/aromatic N) is 1. The maximum atomic E-state index is 8.93. The lowest BCUT2D eigenvalue weighted by Crippen LogP contribution is -2.31. The third-order valence-corrected chi connectivity index (χ3v) is 2.92. The molecule has 0 amide bonds. The minimum Gasteiger partial charge on any atom is -0.492 e. The molecule has 17 heavy (non-hydrogen) atoms. The van der Waals surface area contributed by atoms with Gasteiger partial charge in [0.1, 0.15) is 12.4 Å². The standard InChI is InChI=1S/C13H20BrNO2/c1-2-6-15(7-9-16)8-10-17-13-5-3-4-12(14)11-13/h3-5,11,16H,2,6-10H2,1H3. The van der Waals surface area contributed by atoms with E-state index in [1.807, 2.05) is 24.3 Å². The predicted molar refractivity (Wildman–Crippen MR) is 73.5 cm³/mol. The Kier molecular flexibility index (Phi) is 7.24. The van der Waals surface area contributed by atoms with Gasteiger partial charge in [-0.1, -0.05) is 28.9 Å². The number of hydrogen-bond acceptors (Lipinski definition) is 3. The van der Waals surface area contributed by atoms with E-state index in [-0.39, 0.29) is 6.61 Å². The summed E-state index contributed by atoms with van der Waals surface area (Å²) < 4.78 is 6.68. The molecule has 0 aliphatic rings. The van der Waals surface area contributed by atoms with Gasteiger partial charge in [0.15, 0.2) is 0 Å². The Morgan fingerprint density at radius 1 is 1.29 bits per heavy atom. The van der Waals surface area contributed by atoms with Crippen molar-refractivity contribution >= 4 is 15.9 Å². The fraction of sp³-hybridized carbons (Fsp3) is 0.538. The van der Waals surface area contributed by atoms with E-state index in [1.165, 1.54) is 0 Å². The topological polar surface area (TPSA) is 32.7 Å². The van der Waals surface area contributed by atoms with E-state index in [4.69, 9.17) is 9.84 Å². The van der Waals surface area contributed by atoms with Crippen molar-refractivity contribution in [2.75, 3.05) is 32.8 Å². The lowest BCUT2D eigenvalue weighted by Gasteiger charge is -2.20. The van der Waals surface area contributed by atoms with Gasteiger partial charge in [0.2, 0.25) is 0 Å². The summed E-state index contributed by atoms with van der Waals surface area (Å²) in [5.41, 5.74) is 0. The molecule has 0 unspecified atom stereocenters. The average Bonchev–Trinajstić information content (AvgIpc) is 2.30. The van der Waals surface area contributed by atoms with Crippen molar-refractivity contribution in [3.05, 3.63) is 28.7 Å². The van der Waals surface area contributed by atoms with Crippen LogP contribution in [0, 0.1) is 0 Å². The molecule has 4 heteroatoms. The van der Waals surface area contributed by atoms with E-state index < -0.39 is 0 Å². The van der Waals surface area contributed by atoms with Gasteiger partial charge in [0.05, 0.1) is 6.61 Å². The van der Waals surface area contributed by atoms with Gasteiger partial charge >= 0.3 is 0 Å². The molecule has 0 atom stereocenters. The Labute approximate surface area is 112 Å². The zero-order chi connectivity index (χ0) is 12.5. The molecule has 96 valence electrons. The molecule has 3 nitrogen and oxygen atoms in total. The number of rotatable bonds is 8. The van der Waals surface area contributed by atoms with Crippen molar-refractivity contribution in [1.29, 1.82) is 0 Å². The molecule has 1 N–H and O–H groups in total. The van der Waals surface area contributed by atoms with Crippen molar-refractivity contribution in [1.82, 2.24) is 4.90 Å². The molecule has 0 saturated carbocycles. The van der Waals surface area contributed by atoms with Gasteiger partial charge in [-0.05, 0) is 31.2 Å². The maximum absolute atomic E-state index is 8.93. The Hall–Kier alpha value is -0.580. The first-order valence-electron chi connectivity index (χ1n) is 5.98. The number of halogens is 1. The van der Waals surface area contributed by atoms with Crippen molar-refractivity contribution in [2.45, 2.75) is 13.3 Å². The molecular formula is C13H20BrNO2. The zero-order valence-electron chi connectivity index (χ0n) is 10.2. The van der Waals surface area contributed by atoms with Gasteiger partial charge in [0.25, 0.3) is 0 Å². The van der Waals surface area contributed by atoms with Crippen LogP contribution in [0.25, 0.3) is 0 Å². The second-order valence-corrected chi connectivity index (χ2v) is 4.79. The summed E-state index contributed by atoms with van der Waals surface area (Å²) in [6.45, 7) is 5.56. The Morgan fingerprint density at radius 3 is 2.76 bits per heavy atom. The SMILES string of the molecule is CCCN(CCO)CCOc1cccc(Br)c1.